The van der Waals surface area contributed by atoms with Gasteiger partial charge in [0.1, 0.15) is 12.1 Å². The molecular formula is C6H11F2NO3. The van der Waals surface area contributed by atoms with E-state index in [4.69, 9.17) is 10.2 Å². The summed E-state index contributed by atoms with van der Waals surface area (Å²) in [6.45, 7) is 0.881. The van der Waals surface area contributed by atoms with E-state index in [9.17, 15) is 13.6 Å². The maximum Gasteiger partial charge on any atom is 0.320 e. The van der Waals surface area contributed by atoms with E-state index >= 15 is 0 Å². The average molecular weight is 183 g/mol. The lowest BCUT2D eigenvalue weighted by molar-refractivity contribution is -0.139. The summed E-state index contributed by atoms with van der Waals surface area (Å²) in [6, 6.07) is -0.932. The van der Waals surface area contributed by atoms with E-state index in [0.29, 0.717) is 0 Å². The molecule has 0 aromatic carbocycles. The quantitative estimate of drug-likeness (QED) is 0.546. The monoisotopic (exact) mass is 183 g/mol. The Morgan fingerprint density at radius 2 is 2.08 bits per heavy atom. The molecule has 0 bridgehead atoms. The van der Waals surface area contributed by atoms with E-state index < -0.39 is 31.1 Å². The van der Waals surface area contributed by atoms with Crippen LogP contribution in [0, 0.1) is 0 Å². The summed E-state index contributed by atoms with van der Waals surface area (Å²) in [7, 11) is 0. The van der Waals surface area contributed by atoms with Crippen LogP contribution >= 0.6 is 0 Å². The van der Waals surface area contributed by atoms with Crippen LogP contribution in [0.2, 0.25) is 0 Å². The van der Waals surface area contributed by atoms with Crippen LogP contribution in [0.25, 0.3) is 0 Å². The summed E-state index contributed by atoms with van der Waals surface area (Å²) in [4.78, 5) is 10.2. The van der Waals surface area contributed by atoms with E-state index in [1.807, 2.05) is 0 Å². The number of aliphatic hydroxyl groups is 1. The van der Waals surface area contributed by atoms with Gasteiger partial charge in [-0.05, 0) is 6.92 Å². The zero-order valence-corrected chi connectivity index (χ0v) is 6.50. The summed E-state index contributed by atoms with van der Waals surface area (Å²) in [5, 5.41) is 19.1. The highest BCUT2D eigenvalue weighted by atomic mass is 19.3. The highest BCUT2D eigenvalue weighted by Crippen LogP contribution is 1.98. The van der Waals surface area contributed by atoms with E-state index in [1.165, 1.54) is 6.92 Å². The maximum absolute atomic E-state index is 11.6. The largest absolute Gasteiger partial charge is 0.480 e. The van der Waals surface area contributed by atoms with Crippen LogP contribution in [-0.2, 0) is 4.79 Å². The van der Waals surface area contributed by atoms with Gasteiger partial charge in [0.2, 0.25) is 0 Å². The molecule has 12 heavy (non-hydrogen) atoms. The number of nitrogens with one attached hydrogen (secondary N) is 1. The maximum atomic E-state index is 11.6. The predicted octanol–water partition coefficient (Wildman–Crippen LogP) is -0.325. The third-order valence-electron chi connectivity index (χ3n) is 1.29. The van der Waals surface area contributed by atoms with Crippen molar-refractivity contribution in [3.63, 3.8) is 0 Å². The fourth-order valence-electron chi connectivity index (χ4n) is 0.474. The van der Waals surface area contributed by atoms with Gasteiger partial charge in [-0.2, -0.15) is 0 Å². The van der Waals surface area contributed by atoms with Crippen molar-refractivity contribution in [3.05, 3.63) is 0 Å². The molecule has 0 fully saturated rings. The fraction of sp³-hybridized carbons (Fsp3) is 0.833. The van der Waals surface area contributed by atoms with Gasteiger partial charge in [0.25, 0.3) is 6.43 Å². The molecule has 0 saturated carbocycles. The Morgan fingerprint density at radius 1 is 1.58 bits per heavy atom. The van der Waals surface area contributed by atoms with Crippen LogP contribution in [-0.4, -0.2) is 41.3 Å². The number of alkyl halides is 2. The van der Waals surface area contributed by atoms with Crippen LogP contribution in [0.15, 0.2) is 0 Å². The molecule has 0 radical (unpaired) electrons. The first-order valence-electron chi connectivity index (χ1n) is 3.37. The van der Waals surface area contributed by atoms with Crippen LogP contribution in [0.3, 0.4) is 0 Å². The minimum absolute atomic E-state index is 0.425. The van der Waals surface area contributed by atoms with Crippen LogP contribution < -0.4 is 5.32 Å². The number of rotatable bonds is 5. The second kappa shape index (κ2) is 5.00. The topological polar surface area (TPSA) is 69.6 Å². The number of aliphatic hydroxyl groups excluding tert-OH is 1. The standard InChI is InChI=1S/C6H11F2NO3/c1-3(6(11)12)9-2-4(10)5(7)8/h3-5,9-10H,2H2,1H3,(H,11,12). The molecule has 72 valence electrons. The lowest BCUT2D eigenvalue weighted by Crippen LogP contribution is -2.40. The number of hydrogen-bond donors (Lipinski definition) is 3. The summed E-state index contributed by atoms with van der Waals surface area (Å²) in [5.74, 6) is -1.14. The predicted molar refractivity (Wildman–Crippen MR) is 37.1 cm³/mol. The van der Waals surface area contributed by atoms with Gasteiger partial charge >= 0.3 is 5.97 Å². The second-order valence-corrected chi connectivity index (χ2v) is 2.37. The summed E-state index contributed by atoms with van der Waals surface area (Å²) >= 11 is 0. The summed E-state index contributed by atoms with van der Waals surface area (Å²) in [6.07, 6.45) is -4.66. The molecular weight excluding hydrogens is 172 g/mol. The molecule has 2 atom stereocenters. The normalized spacial score (nSPS) is 16.1. The average Bonchev–Trinajstić information content (AvgIpc) is 1.98. The molecule has 6 heteroatoms. The lowest BCUT2D eigenvalue weighted by atomic mass is 10.3. The molecule has 0 amide bonds. The van der Waals surface area contributed by atoms with Crippen LogP contribution in [0.4, 0.5) is 8.78 Å². The third kappa shape index (κ3) is 4.20. The van der Waals surface area contributed by atoms with Crippen molar-refractivity contribution in [3.8, 4) is 0 Å². The van der Waals surface area contributed by atoms with Gasteiger partial charge in [-0.3, -0.25) is 4.79 Å². The van der Waals surface area contributed by atoms with Gasteiger partial charge < -0.3 is 15.5 Å². The highest BCUT2D eigenvalue weighted by molar-refractivity contribution is 5.72. The van der Waals surface area contributed by atoms with Gasteiger partial charge in [-0.15, -0.1) is 0 Å². The summed E-state index contributed by atoms with van der Waals surface area (Å²) in [5.41, 5.74) is 0. The third-order valence-corrected chi connectivity index (χ3v) is 1.29. The molecule has 0 rings (SSSR count). The van der Waals surface area contributed by atoms with Crippen molar-refractivity contribution in [2.45, 2.75) is 25.5 Å². The Hall–Kier alpha value is -0.750. The SMILES string of the molecule is CC(NCC(O)C(F)F)C(=O)O. The lowest BCUT2D eigenvalue weighted by Gasteiger charge is -2.12. The van der Waals surface area contributed by atoms with E-state index in [2.05, 4.69) is 5.32 Å². The van der Waals surface area contributed by atoms with Crippen molar-refractivity contribution in [1.82, 2.24) is 5.32 Å². The van der Waals surface area contributed by atoms with Gasteiger partial charge in [0, 0.05) is 6.54 Å². The molecule has 0 aromatic rings. The molecule has 3 N–H and O–H groups in total. The van der Waals surface area contributed by atoms with Crippen LogP contribution in [0.5, 0.6) is 0 Å². The van der Waals surface area contributed by atoms with Gasteiger partial charge in [0.15, 0.2) is 0 Å². The highest BCUT2D eigenvalue weighted by Gasteiger charge is 2.18. The molecule has 0 aliphatic heterocycles. The van der Waals surface area contributed by atoms with E-state index in [-0.39, 0.29) is 0 Å². The molecule has 0 aromatic heterocycles. The zero-order valence-electron chi connectivity index (χ0n) is 6.50. The van der Waals surface area contributed by atoms with Crippen LogP contribution in [0.1, 0.15) is 6.92 Å². The number of halogens is 2. The Morgan fingerprint density at radius 3 is 2.42 bits per heavy atom. The minimum atomic E-state index is -2.85. The van der Waals surface area contributed by atoms with Gasteiger partial charge in [-0.25, -0.2) is 8.78 Å². The van der Waals surface area contributed by atoms with Gasteiger partial charge in [-0.1, -0.05) is 0 Å². The van der Waals surface area contributed by atoms with Crippen molar-refractivity contribution in [2.75, 3.05) is 6.54 Å². The minimum Gasteiger partial charge on any atom is -0.480 e. The number of carbonyl (C=O) groups is 1. The first-order valence-corrected chi connectivity index (χ1v) is 3.37. The van der Waals surface area contributed by atoms with Crippen molar-refractivity contribution in [1.29, 1.82) is 0 Å². The smallest absolute Gasteiger partial charge is 0.320 e. The molecule has 4 nitrogen and oxygen atoms in total. The molecule has 0 aliphatic carbocycles. The van der Waals surface area contributed by atoms with Gasteiger partial charge in [0.05, 0.1) is 0 Å². The summed E-state index contributed by atoms with van der Waals surface area (Å²) < 4.78 is 23.3. The Labute approximate surface area is 68.2 Å². The number of hydrogen-bond acceptors (Lipinski definition) is 3. The Kier molecular flexibility index (Phi) is 4.68. The van der Waals surface area contributed by atoms with E-state index in [0.717, 1.165) is 0 Å². The molecule has 0 heterocycles. The number of carboxylic acid groups (broad SMARTS) is 1. The van der Waals surface area contributed by atoms with Crippen molar-refractivity contribution in [2.24, 2.45) is 0 Å². The van der Waals surface area contributed by atoms with E-state index in [1.54, 1.807) is 0 Å². The zero-order chi connectivity index (χ0) is 9.72. The van der Waals surface area contributed by atoms with Crippen molar-refractivity contribution >= 4 is 5.97 Å². The Balaban J connectivity index is 3.61. The second-order valence-electron chi connectivity index (χ2n) is 2.37. The first kappa shape index (κ1) is 11.2. The Bertz CT molecular complexity index is 154. The first-order chi connectivity index (χ1) is 5.45. The fourth-order valence-corrected chi connectivity index (χ4v) is 0.474. The molecule has 2 unspecified atom stereocenters. The number of aliphatic carboxylic acids is 1. The molecule has 0 saturated heterocycles. The number of carboxylic acids is 1. The van der Waals surface area contributed by atoms with Crippen molar-refractivity contribution < 1.29 is 23.8 Å². The molecule has 0 aliphatic rings. The molecule has 0 spiro atoms.